The number of hydrogen-bond donors (Lipinski definition) is 0. The topological polar surface area (TPSA) is 18.5 Å². The Morgan fingerprint density at radius 3 is 1.09 bits per heavy atom. The van der Waals surface area contributed by atoms with E-state index in [9.17, 15) is 0 Å². The Balaban J connectivity index is 1.58. The molecule has 0 saturated heterocycles. The van der Waals surface area contributed by atoms with Gasteiger partial charge >= 0.3 is 8.56 Å². The van der Waals surface area contributed by atoms with Gasteiger partial charge in [0, 0.05) is 23.3 Å². The molecule has 0 bridgehead atoms. The molecule has 0 heterocycles. The third-order valence-corrected chi connectivity index (χ3v) is 12.0. The highest BCUT2D eigenvalue weighted by Gasteiger charge is 2.56. The summed E-state index contributed by atoms with van der Waals surface area (Å²) in [6.45, 7) is 0. The summed E-state index contributed by atoms with van der Waals surface area (Å²) in [5, 5.41) is 0. The lowest BCUT2D eigenvalue weighted by atomic mass is 10.3. The molecule has 0 N–H and O–H groups in total. The van der Waals surface area contributed by atoms with E-state index >= 15 is 0 Å². The molecule has 2 nitrogen and oxygen atoms in total. The first-order chi connectivity index (χ1) is 11.4. The van der Waals surface area contributed by atoms with Crippen LogP contribution in [0.3, 0.4) is 0 Å². The second-order valence-corrected chi connectivity index (χ2v) is 12.3. The Morgan fingerprint density at radius 2 is 0.739 bits per heavy atom. The largest absolute Gasteiger partial charge is 0.391 e. The molecule has 0 aliphatic heterocycles. The van der Waals surface area contributed by atoms with Crippen molar-refractivity contribution in [2.24, 2.45) is 0 Å². The van der Waals surface area contributed by atoms with Gasteiger partial charge in [-0.05, 0) is 51.4 Å². The third kappa shape index (κ3) is 3.57. The second-order valence-electron chi connectivity index (χ2n) is 8.73. The summed E-state index contributed by atoms with van der Waals surface area (Å²) in [5.74, 6) is 0. The Bertz CT molecular complexity index is 326. The van der Waals surface area contributed by atoms with Crippen LogP contribution in [-0.4, -0.2) is 20.8 Å². The van der Waals surface area contributed by atoms with Crippen molar-refractivity contribution >= 4 is 8.56 Å². The Hall–Kier alpha value is 0.137. The quantitative estimate of drug-likeness (QED) is 0.535. The molecule has 132 valence electrons. The summed E-state index contributed by atoms with van der Waals surface area (Å²) in [4.78, 5) is 0. The highest BCUT2D eigenvalue weighted by molar-refractivity contribution is 6.70. The molecule has 0 aromatic heterocycles. The predicted octanol–water partition coefficient (Wildman–Crippen LogP) is 6.24. The fraction of sp³-hybridized carbons (Fsp3) is 1.00. The smallest absolute Gasteiger partial charge is 0.345 e. The lowest BCUT2D eigenvalue weighted by molar-refractivity contribution is 0.0664. The van der Waals surface area contributed by atoms with Crippen molar-refractivity contribution in [3.05, 3.63) is 0 Å². The van der Waals surface area contributed by atoms with Gasteiger partial charge in [-0.1, -0.05) is 51.4 Å². The molecule has 0 amide bonds. The monoisotopic (exact) mass is 336 g/mol. The molecule has 4 aliphatic carbocycles. The van der Waals surface area contributed by atoms with Gasteiger partial charge in [-0.2, -0.15) is 0 Å². The molecular weight excluding hydrogens is 300 g/mol. The Labute approximate surface area is 144 Å². The standard InChI is InChI=1S/C20H36O2Si/c1-2-10-17(9-1)21-23(19-13-5-6-14-19,20-15-7-8-16-20)22-18-11-3-4-12-18/h17-20H,1-16H2. The van der Waals surface area contributed by atoms with E-state index in [0.717, 1.165) is 11.1 Å². The minimum absolute atomic E-state index is 0.546. The molecule has 0 spiro atoms. The number of rotatable bonds is 6. The predicted molar refractivity (Wildman–Crippen MR) is 96.9 cm³/mol. The molecule has 3 heteroatoms. The average Bonchev–Trinajstić information content (AvgIpc) is 3.31. The van der Waals surface area contributed by atoms with Crippen molar-refractivity contribution < 1.29 is 8.85 Å². The highest BCUT2D eigenvalue weighted by atomic mass is 28.4. The van der Waals surface area contributed by atoms with E-state index < -0.39 is 8.56 Å². The molecule has 0 unspecified atom stereocenters. The zero-order chi connectivity index (χ0) is 15.5. The van der Waals surface area contributed by atoms with Crippen LogP contribution in [0.2, 0.25) is 11.1 Å². The van der Waals surface area contributed by atoms with E-state index in [4.69, 9.17) is 8.85 Å². The summed E-state index contributed by atoms with van der Waals surface area (Å²) in [6.07, 6.45) is 23.2. The normalized spacial score (nSPS) is 29.2. The van der Waals surface area contributed by atoms with Crippen molar-refractivity contribution in [3.8, 4) is 0 Å². The van der Waals surface area contributed by atoms with Gasteiger partial charge in [0.15, 0.2) is 0 Å². The summed E-state index contributed by atoms with van der Waals surface area (Å²) in [5.41, 5.74) is 1.62. The molecule has 4 saturated carbocycles. The molecule has 0 radical (unpaired) electrons. The minimum atomic E-state index is -2.06. The fourth-order valence-electron chi connectivity index (χ4n) is 5.94. The average molecular weight is 337 g/mol. The van der Waals surface area contributed by atoms with Crippen molar-refractivity contribution in [1.82, 2.24) is 0 Å². The van der Waals surface area contributed by atoms with Gasteiger partial charge < -0.3 is 8.85 Å². The Morgan fingerprint density at radius 1 is 0.435 bits per heavy atom. The number of hydrogen-bond acceptors (Lipinski definition) is 2. The maximum Gasteiger partial charge on any atom is 0.345 e. The SMILES string of the molecule is C1CCC(O[Si](OC2CCCC2)(C2CCCC2)C2CCCC2)C1. The lowest BCUT2D eigenvalue weighted by Gasteiger charge is -2.44. The van der Waals surface area contributed by atoms with Crippen LogP contribution in [0, 0.1) is 0 Å². The van der Waals surface area contributed by atoms with Gasteiger partial charge in [0.2, 0.25) is 0 Å². The molecule has 0 aromatic rings. The maximum atomic E-state index is 7.15. The van der Waals surface area contributed by atoms with Gasteiger partial charge in [-0.15, -0.1) is 0 Å². The molecule has 23 heavy (non-hydrogen) atoms. The van der Waals surface area contributed by atoms with Gasteiger partial charge in [0.1, 0.15) is 0 Å². The molecule has 0 atom stereocenters. The van der Waals surface area contributed by atoms with Crippen LogP contribution in [0.1, 0.15) is 103 Å². The van der Waals surface area contributed by atoms with Crippen LogP contribution in [-0.2, 0) is 8.85 Å². The third-order valence-electron chi connectivity index (χ3n) is 7.15. The zero-order valence-electron chi connectivity index (χ0n) is 14.9. The van der Waals surface area contributed by atoms with Crippen LogP contribution in [0.15, 0.2) is 0 Å². The summed E-state index contributed by atoms with van der Waals surface area (Å²) in [7, 11) is -2.06. The van der Waals surface area contributed by atoms with Crippen LogP contribution in [0.4, 0.5) is 0 Å². The van der Waals surface area contributed by atoms with Gasteiger partial charge in [-0.25, -0.2) is 0 Å². The highest BCUT2D eigenvalue weighted by Crippen LogP contribution is 2.53. The van der Waals surface area contributed by atoms with E-state index in [2.05, 4.69) is 0 Å². The van der Waals surface area contributed by atoms with E-state index in [0.29, 0.717) is 12.2 Å². The van der Waals surface area contributed by atoms with Gasteiger partial charge in [-0.3, -0.25) is 0 Å². The molecule has 4 rings (SSSR count). The molecule has 0 aromatic carbocycles. The summed E-state index contributed by atoms with van der Waals surface area (Å²) in [6, 6.07) is 0. The van der Waals surface area contributed by atoms with E-state index in [-0.39, 0.29) is 0 Å². The van der Waals surface area contributed by atoms with Gasteiger partial charge in [0.05, 0.1) is 0 Å². The van der Waals surface area contributed by atoms with E-state index in [1.807, 2.05) is 0 Å². The first-order valence-corrected chi connectivity index (χ1v) is 12.7. The Kier molecular flexibility index (Phi) is 5.47. The van der Waals surface area contributed by atoms with E-state index in [1.165, 1.54) is 103 Å². The van der Waals surface area contributed by atoms with Crippen molar-refractivity contribution in [2.75, 3.05) is 0 Å². The minimum Gasteiger partial charge on any atom is -0.391 e. The van der Waals surface area contributed by atoms with Crippen molar-refractivity contribution in [1.29, 1.82) is 0 Å². The second kappa shape index (κ2) is 7.57. The van der Waals surface area contributed by atoms with Gasteiger partial charge in [0.25, 0.3) is 0 Å². The fourth-order valence-corrected chi connectivity index (χ4v) is 11.4. The first-order valence-electron chi connectivity index (χ1n) is 10.7. The maximum absolute atomic E-state index is 7.15. The first kappa shape index (κ1) is 16.6. The molecule has 4 aliphatic rings. The molecular formula is C20H36O2Si. The lowest BCUT2D eigenvalue weighted by Crippen LogP contribution is -2.53. The van der Waals surface area contributed by atoms with Crippen LogP contribution in [0.25, 0.3) is 0 Å². The van der Waals surface area contributed by atoms with Crippen LogP contribution < -0.4 is 0 Å². The molecule has 4 fully saturated rings. The summed E-state index contributed by atoms with van der Waals surface area (Å²) >= 11 is 0. The van der Waals surface area contributed by atoms with Crippen LogP contribution in [0.5, 0.6) is 0 Å². The zero-order valence-corrected chi connectivity index (χ0v) is 15.9. The van der Waals surface area contributed by atoms with Crippen molar-refractivity contribution in [3.63, 3.8) is 0 Å². The van der Waals surface area contributed by atoms with Crippen molar-refractivity contribution in [2.45, 2.75) is 126 Å². The van der Waals surface area contributed by atoms with E-state index in [1.54, 1.807) is 0 Å². The summed E-state index contributed by atoms with van der Waals surface area (Å²) < 4.78 is 14.3. The van der Waals surface area contributed by atoms with Crippen LogP contribution >= 0.6 is 0 Å².